The lowest BCUT2D eigenvalue weighted by Gasteiger charge is -2.41. The Balaban J connectivity index is 1.50. The molecule has 3 rings (SSSR count). The summed E-state index contributed by atoms with van der Waals surface area (Å²) >= 11 is 0. The Labute approximate surface area is 138 Å². The molecule has 2 amide bonds. The highest BCUT2D eigenvalue weighted by Gasteiger charge is 2.40. The van der Waals surface area contributed by atoms with Crippen molar-refractivity contribution >= 4 is 16.1 Å². The Kier molecular flexibility index (Phi) is 4.85. The van der Waals surface area contributed by atoms with Crippen molar-refractivity contribution in [2.45, 2.75) is 38.1 Å². The standard InChI is InChI=1S/C15H27N3O4S/c1-22-12-15(5-2-6-15)11-16-14(19)17-8-4-13(10-17)18-7-3-9-23(18,20)21/h13H,2-12H2,1H3,(H,16,19)/t13-/m0/s1. The van der Waals surface area contributed by atoms with Crippen molar-refractivity contribution in [2.24, 2.45) is 5.41 Å². The molecular formula is C15H27N3O4S. The predicted octanol–water partition coefficient (Wildman–Crippen LogP) is 0.623. The summed E-state index contributed by atoms with van der Waals surface area (Å²) in [7, 11) is -1.40. The van der Waals surface area contributed by atoms with Gasteiger partial charge in [-0.15, -0.1) is 0 Å². The minimum absolute atomic E-state index is 0.0510. The van der Waals surface area contributed by atoms with Crippen molar-refractivity contribution < 1.29 is 17.9 Å². The zero-order chi connectivity index (χ0) is 16.5. The number of carbonyl (C=O) groups is 1. The van der Waals surface area contributed by atoms with Crippen molar-refractivity contribution in [1.29, 1.82) is 0 Å². The number of nitrogens with one attached hydrogen (secondary N) is 1. The van der Waals surface area contributed by atoms with Crippen LogP contribution < -0.4 is 5.32 Å². The first-order chi connectivity index (χ1) is 11.0. The number of sulfonamides is 1. The molecule has 0 spiro atoms. The van der Waals surface area contributed by atoms with E-state index in [1.54, 1.807) is 16.3 Å². The largest absolute Gasteiger partial charge is 0.384 e. The maximum atomic E-state index is 12.4. The summed E-state index contributed by atoms with van der Waals surface area (Å²) < 4.78 is 30.9. The first-order valence-electron chi connectivity index (χ1n) is 8.47. The van der Waals surface area contributed by atoms with Crippen molar-refractivity contribution in [3.05, 3.63) is 0 Å². The summed E-state index contributed by atoms with van der Waals surface area (Å²) in [6.45, 7) is 3.05. The Morgan fingerprint density at radius 3 is 2.65 bits per heavy atom. The number of rotatable bonds is 5. The van der Waals surface area contributed by atoms with E-state index in [-0.39, 0.29) is 23.2 Å². The average molecular weight is 345 g/mol. The molecule has 8 heteroatoms. The van der Waals surface area contributed by atoms with Gasteiger partial charge in [0.15, 0.2) is 0 Å². The molecule has 3 aliphatic rings. The molecule has 1 atom stereocenters. The van der Waals surface area contributed by atoms with Crippen molar-refractivity contribution in [3.63, 3.8) is 0 Å². The van der Waals surface area contributed by atoms with Gasteiger partial charge in [-0.2, -0.15) is 4.31 Å². The van der Waals surface area contributed by atoms with Gasteiger partial charge in [0.1, 0.15) is 0 Å². The highest BCUT2D eigenvalue weighted by Crippen LogP contribution is 2.40. The van der Waals surface area contributed by atoms with E-state index in [9.17, 15) is 13.2 Å². The van der Waals surface area contributed by atoms with E-state index in [0.717, 1.165) is 19.3 Å². The van der Waals surface area contributed by atoms with Gasteiger partial charge in [0.05, 0.1) is 12.4 Å². The molecule has 1 N–H and O–H groups in total. The molecular weight excluding hydrogens is 318 g/mol. The van der Waals surface area contributed by atoms with Gasteiger partial charge in [0.25, 0.3) is 0 Å². The van der Waals surface area contributed by atoms with Gasteiger partial charge in [-0.1, -0.05) is 6.42 Å². The Bertz CT molecular complexity index is 547. The SMILES string of the molecule is COCC1(CNC(=O)N2CC[C@H](N3CCCS3(=O)=O)C2)CCC1. The van der Waals surface area contributed by atoms with Crippen molar-refractivity contribution in [3.8, 4) is 0 Å². The molecule has 0 bridgehead atoms. The second kappa shape index (κ2) is 6.57. The van der Waals surface area contributed by atoms with Crippen molar-refractivity contribution in [1.82, 2.24) is 14.5 Å². The summed E-state index contributed by atoms with van der Waals surface area (Å²) in [5.74, 6) is 0.245. The first-order valence-corrected chi connectivity index (χ1v) is 10.1. The number of nitrogens with zero attached hydrogens (tertiary/aromatic N) is 2. The van der Waals surface area contributed by atoms with Crippen molar-refractivity contribution in [2.75, 3.05) is 45.6 Å². The van der Waals surface area contributed by atoms with E-state index < -0.39 is 10.0 Å². The van der Waals surface area contributed by atoms with Crippen LogP contribution in [0.1, 0.15) is 32.1 Å². The first kappa shape index (κ1) is 17.0. The topological polar surface area (TPSA) is 79.0 Å². The van der Waals surface area contributed by atoms with E-state index in [2.05, 4.69) is 5.32 Å². The van der Waals surface area contributed by atoms with Gasteiger partial charge in [-0.05, 0) is 25.7 Å². The van der Waals surface area contributed by atoms with E-state index in [1.165, 1.54) is 6.42 Å². The molecule has 0 aromatic rings. The third-order valence-electron chi connectivity index (χ3n) is 5.48. The van der Waals surface area contributed by atoms with Crippen LogP contribution in [-0.4, -0.2) is 75.3 Å². The van der Waals surface area contributed by atoms with Crippen LogP contribution in [-0.2, 0) is 14.8 Å². The number of hydrogen-bond donors (Lipinski definition) is 1. The fourth-order valence-corrected chi connectivity index (χ4v) is 5.72. The second-order valence-corrected chi connectivity index (χ2v) is 9.16. The van der Waals surface area contributed by atoms with Gasteiger partial charge < -0.3 is 15.0 Å². The van der Waals surface area contributed by atoms with Gasteiger partial charge in [0, 0.05) is 44.7 Å². The molecule has 1 aliphatic carbocycles. The monoisotopic (exact) mass is 345 g/mol. The number of likely N-dealkylation sites (tertiary alicyclic amines) is 1. The molecule has 0 aromatic heterocycles. The summed E-state index contributed by atoms with van der Waals surface area (Å²) in [6.07, 6.45) is 4.81. The molecule has 0 aromatic carbocycles. The number of urea groups is 1. The summed E-state index contributed by atoms with van der Waals surface area (Å²) in [5.41, 5.74) is 0.0990. The summed E-state index contributed by atoms with van der Waals surface area (Å²) in [5, 5.41) is 3.02. The van der Waals surface area contributed by atoms with Crippen LogP contribution in [0.5, 0.6) is 0 Å². The third kappa shape index (κ3) is 3.49. The lowest BCUT2D eigenvalue weighted by molar-refractivity contribution is 0.0192. The molecule has 2 heterocycles. The fraction of sp³-hybridized carbons (Fsp3) is 0.933. The molecule has 2 saturated heterocycles. The van der Waals surface area contributed by atoms with E-state index >= 15 is 0 Å². The quantitative estimate of drug-likeness (QED) is 0.792. The number of hydrogen-bond acceptors (Lipinski definition) is 4. The Hall–Kier alpha value is -0.860. The number of amides is 2. The van der Waals surface area contributed by atoms with Crippen LogP contribution in [0.4, 0.5) is 4.79 Å². The minimum atomic E-state index is -3.10. The van der Waals surface area contributed by atoms with Crippen LogP contribution in [0.2, 0.25) is 0 Å². The van der Waals surface area contributed by atoms with Gasteiger partial charge in [0.2, 0.25) is 10.0 Å². The molecule has 23 heavy (non-hydrogen) atoms. The maximum Gasteiger partial charge on any atom is 0.317 e. The average Bonchev–Trinajstić information content (AvgIpc) is 3.07. The van der Waals surface area contributed by atoms with Crippen LogP contribution in [0.25, 0.3) is 0 Å². The molecule has 132 valence electrons. The summed E-state index contributed by atoms with van der Waals surface area (Å²) in [6, 6.07) is -0.128. The van der Waals surface area contributed by atoms with E-state index in [4.69, 9.17) is 4.74 Å². The fourth-order valence-electron chi connectivity index (χ4n) is 3.96. The van der Waals surface area contributed by atoms with E-state index in [0.29, 0.717) is 39.2 Å². The number of ether oxygens (including phenoxy) is 1. The van der Waals surface area contributed by atoms with Crippen LogP contribution >= 0.6 is 0 Å². The third-order valence-corrected chi connectivity index (χ3v) is 7.48. The van der Waals surface area contributed by atoms with Crippen LogP contribution in [0.15, 0.2) is 0 Å². The Morgan fingerprint density at radius 1 is 1.30 bits per heavy atom. The predicted molar refractivity (Wildman–Crippen MR) is 86.6 cm³/mol. The number of methoxy groups -OCH3 is 1. The molecule has 0 radical (unpaired) electrons. The summed E-state index contributed by atoms with van der Waals surface area (Å²) in [4.78, 5) is 14.1. The highest BCUT2D eigenvalue weighted by atomic mass is 32.2. The highest BCUT2D eigenvalue weighted by molar-refractivity contribution is 7.89. The van der Waals surface area contributed by atoms with E-state index in [1.807, 2.05) is 0 Å². The molecule has 3 fully saturated rings. The Morgan fingerprint density at radius 2 is 2.09 bits per heavy atom. The van der Waals surface area contributed by atoms with Crippen LogP contribution in [0.3, 0.4) is 0 Å². The molecule has 7 nitrogen and oxygen atoms in total. The van der Waals surface area contributed by atoms with Crippen LogP contribution in [0, 0.1) is 5.41 Å². The molecule has 2 aliphatic heterocycles. The minimum Gasteiger partial charge on any atom is -0.384 e. The smallest absolute Gasteiger partial charge is 0.317 e. The lowest BCUT2D eigenvalue weighted by Crippen LogP contribution is -2.49. The normalized spacial score (nSPS) is 29.4. The van der Waals surface area contributed by atoms with Gasteiger partial charge >= 0.3 is 6.03 Å². The molecule has 0 unspecified atom stereocenters. The zero-order valence-electron chi connectivity index (χ0n) is 13.8. The maximum absolute atomic E-state index is 12.4. The van der Waals surface area contributed by atoms with Gasteiger partial charge in [-0.25, -0.2) is 13.2 Å². The zero-order valence-corrected chi connectivity index (χ0v) is 14.6. The van der Waals surface area contributed by atoms with Gasteiger partial charge in [-0.3, -0.25) is 0 Å². The lowest BCUT2D eigenvalue weighted by atomic mass is 9.69. The molecule has 1 saturated carbocycles. The second-order valence-electron chi connectivity index (χ2n) is 7.11. The number of carbonyl (C=O) groups excluding carboxylic acids is 1.